The van der Waals surface area contributed by atoms with Crippen molar-refractivity contribution >= 4 is 23.5 Å². The van der Waals surface area contributed by atoms with E-state index in [1.807, 2.05) is 37.3 Å². The summed E-state index contributed by atoms with van der Waals surface area (Å²) in [6.45, 7) is 3.54. The highest BCUT2D eigenvalue weighted by molar-refractivity contribution is 5.99. The van der Waals surface area contributed by atoms with Gasteiger partial charge in [-0.3, -0.25) is 19.3 Å². The third-order valence-electron chi connectivity index (χ3n) is 5.09. The number of anilines is 1. The molecule has 7 heteroatoms. The van der Waals surface area contributed by atoms with Gasteiger partial charge in [-0.15, -0.1) is 0 Å². The maximum absolute atomic E-state index is 12.7. The zero-order chi connectivity index (χ0) is 22.2. The minimum absolute atomic E-state index is 0.156. The van der Waals surface area contributed by atoms with Gasteiger partial charge < -0.3 is 14.8 Å². The lowest BCUT2D eigenvalue weighted by molar-refractivity contribution is -0.154. The number of carbonyl (C=O) groups is 3. The molecule has 0 aromatic heterocycles. The lowest BCUT2D eigenvalue weighted by atomic mass is 10.0. The smallest absolute Gasteiger partial charge is 0.326 e. The van der Waals surface area contributed by atoms with Crippen LogP contribution in [0.25, 0.3) is 0 Å². The first-order valence-corrected chi connectivity index (χ1v) is 10.6. The number of benzene rings is 2. The van der Waals surface area contributed by atoms with Gasteiger partial charge in [0.1, 0.15) is 12.3 Å². The summed E-state index contributed by atoms with van der Waals surface area (Å²) in [5, 5.41) is 2.96. The largest absolute Gasteiger partial charge is 0.491 e. The van der Waals surface area contributed by atoms with Crippen molar-refractivity contribution in [2.24, 2.45) is 0 Å². The lowest BCUT2D eigenvalue weighted by Crippen LogP contribution is -2.41. The highest BCUT2D eigenvalue weighted by Gasteiger charge is 2.28. The fraction of sp³-hybridized carbons (Fsp3) is 0.375. The first-order valence-electron chi connectivity index (χ1n) is 10.6. The van der Waals surface area contributed by atoms with Crippen LogP contribution in [0.2, 0.25) is 0 Å². The molecular weight excluding hydrogens is 396 g/mol. The molecule has 2 aromatic carbocycles. The molecule has 0 radical (unpaired) electrons. The van der Waals surface area contributed by atoms with Gasteiger partial charge in [-0.2, -0.15) is 0 Å². The number of hydrogen-bond donors (Lipinski definition) is 1. The summed E-state index contributed by atoms with van der Waals surface area (Å²) in [7, 11) is 0. The van der Waals surface area contributed by atoms with Gasteiger partial charge in [0.05, 0.1) is 24.8 Å². The molecule has 2 amide bonds. The fourth-order valence-electron chi connectivity index (χ4n) is 3.50. The van der Waals surface area contributed by atoms with E-state index in [-0.39, 0.29) is 37.4 Å². The number of rotatable bonds is 8. The predicted molar refractivity (Wildman–Crippen MR) is 117 cm³/mol. The van der Waals surface area contributed by atoms with E-state index in [9.17, 15) is 14.4 Å². The quantitative estimate of drug-likeness (QED) is 0.657. The molecule has 1 aliphatic rings. The summed E-state index contributed by atoms with van der Waals surface area (Å²) in [5.41, 5.74) is 1.52. The molecule has 0 spiro atoms. The van der Waals surface area contributed by atoms with Gasteiger partial charge in [0, 0.05) is 0 Å². The molecule has 1 aliphatic heterocycles. The Morgan fingerprint density at radius 2 is 1.84 bits per heavy atom. The first kappa shape index (κ1) is 22.3. The topological polar surface area (TPSA) is 84.9 Å². The zero-order valence-corrected chi connectivity index (χ0v) is 17.9. The number of ether oxygens (including phenoxy) is 2. The summed E-state index contributed by atoms with van der Waals surface area (Å²) in [6.07, 6.45) is 0.847. The van der Waals surface area contributed by atoms with Crippen LogP contribution in [0, 0.1) is 0 Å². The van der Waals surface area contributed by atoms with Crippen molar-refractivity contribution < 1.29 is 23.9 Å². The van der Waals surface area contributed by atoms with E-state index in [1.54, 1.807) is 24.3 Å². The van der Waals surface area contributed by atoms with Crippen molar-refractivity contribution in [1.82, 2.24) is 5.32 Å². The summed E-state index contributed by atoms with van der Waals surface area (Å²) >= 11 is 0. The van der Waals surface area contributed by atoms with Crippen LogP contribution in [0.5, 0.6) is 5.75 Å². The molecule has 164 valence electrons. The minimum Gasteiger partial charge on any atom is -0.491 e. The number of carbonyl (C=O) groups excluding carboxylic acids is 3. The molecule has 2 aromatic rings. The van der Waals surface area contributed by atoms with Gasteiger partial charge in [0.25, 0.3) is 5.91 Å². The van der Waals surface area contributed by atoms with Crippen molar-refractivity contribution in [3.63, 3.8) is 0 Å². The number of nitrogens with zero attached hydrogens (tertiary/aromatic N) is 1. The van der Waals surface area contributed by atoms with Gasteiger partial charge in [-0.25, -0.2) is 0 Å². The Morgan fingerprint density at radius 1 is 1.13 bits per heavy atom. The molecule has 0 aliphatic carbocycles. The standard InChI is InChI=1S/C24H28N2O5/c1-3-9-19(18-10-5-4-6-11-18)25-24(29)17(2)31-23(28)16-26-20-12-7-8-13-21(20)30-15-14-22(26)27/h4-8,10-13,17,19H,3,9,14-16H2,1-2H3,(H,25,29)/t17-,19-/m0/s1. The van der Waals surface area contributed by atoms with Crippen molar-refractivity contribution in [1.29, 1.82) is 0 Å². The third-order valence-corrected chi connectivity index (χ3v) is 5.09. The van der Waals surface area contributed by atoms with Crippen LogP contribution in [0.15, 0.2) is 54.6 Å². The Hall–Kier alpha value is -3.35. The molecule has 3 rings (SSSR count). The molecule has 0 saturated carbocycles. The van der Waals surface area contributed by atoms with E-state index < -0.39 is 12.1 Å². The monoisotopic (exact) mass is 424 g/mol. The lowest BCUT2D eigenvalue weighted by Gasteiger charge is -2.23. The van der Waals surface area contributed by atoms with Crippen LogP contribution < -0.4 is 15.0 Å². The number of fused-ring (bicyclic) bond motifs is 1. The van der Waals surface area contributed by atoms with E-state index in [0.29, 0.717) is 11.4 Å². The predicted octanol–water partition coefficient (Wildman–Crippen LogP) is 3.39. The number of hydrogen-bond acceptors (Lipinski definition) is 5. The summed E-state index contributed by atoms with van der Waals surface area (Å²) in [4.78, 5) is 39.0. The molecule has 0 unspecified atom stereocenters. The van der Waals surface area contributed by atoms with Crippen LogP contribution in [0.4, 0.5) is 5.69 Å². The van der Waals surface area contributed by atoms with Gasteiger partial charge in [-0.05, 0) is 31.0 Å². The Bertz CT molecular complexity index is 915. The Morgan fingerprint density at radius 3 is 2.58 bits per heavy atom. The number of amides is 2. The van der Waals surface area contributed by atoms with Gasteiger partial charge in [0.15, 0.2) is 6.10 Å². The molecule has 2 atom stereocenters. The molecule has 1 N–H and O–H groups in total. The first-order chi connectivity index (χ1) is 15.0. The minimum atomic E-state index is -0.982. The van der Waals surface area contributed by atoms with Gasteiger partial charge in [-0.1, -0.05) is 55.8 Å². The molecule has 0 saturated heterocycles. The fourth-order valence-corrected chi connectivity index (χ4v) is 3.50. The number of nitrogens with one attached hydrogen (secondary N) is 1. The maximum Gasteiger partial charge on any atom is 0.326 e. The van der Waals surface area contributed by atoms with E-state index >= 15 is 0 Å². The second kappa shape index (κ2) is 10.6. The average molecular weight is 424 g/mol. The second-order valence-electron chi connectivity index (χ2n) is 7.44. The van der Waals surface area contributed by atoms with Gasteiger partial charge >= 0.3 is 5.97 Å². The second-order valence-corrected chi connectivity index (χ2v) is 7.44. The van der Waals surface area contributed by atoms with Crippen LogP contribution in [-0.2, 0) is 19.1 Å². The number of para-hydroxylation sites is 2. The summed E-state index contributed by atoms with van der Waals surface area (Å²) in [6, 6.07) is 16.6. The molecule has 0 fully saturated rings. The van der Waals surface area contributed by atoms with E-state index in [1.165, 1.54) is 11.8 Å². The van der Waals surface area contributed by atoms with Crippen molar-refractivity contribution in [2.75, 3.05) is 18.1 Å². The Kier molecular flexibility index (Phi) is 7.65. The van der Waals surface area contributed by atoms with Crippen molar-refractivity contribution in [3.8, 4) is 5.75 Å². The Labute approximate surface area is 182 Å². The highest BCUT2D eigenvalue weighted by atomic mass is 16.5. The van der Waals surface area contributed by atoms with Crippen LogP contribution in [0.3, 0.4) is 0 Å². The van der Waals surface area contributed by atoms with Crippen molar-refractivity contribution in [3.05, 3.63) is 60.2 Å². The molecular formula is C24H28N2O5. The summed E-state index contributed by atoms with van der Waals surface area (Å²) < 4.78 is 10.9. The molecule has 0 bridgehead atoms. The average Bonchev–Trinajstić information content (AvgIpc) is 2.92. The summed E-state index contributed by atoms with van der Waals surface area (Å²) in [5.74, 6) is -0.718. The highest BCUT2D eigenvalue weighted by Crippen LogP contribution is 2.30. The van der Waals surface area contributed by atoms with E-state index in [4.69, 9.17) is 9.47 Å². The zero-order valence-electron chi connectivity index (χ0n) is 17.9. The third kappa shape index (κ3) is 5.84. The molecule has 1 heterocycles. The molecule has 31 heavy (non-hydrogen) atoms. The molecule has 7 nitrogen and oxygen atoms in total. The number of esters is 1. The van der Waals surface area contributed by atoms with Crippen LogP contribution >= 0.6 is 0 Å². The van der Waals surface area contributed by atoms with Crippen molar-refractivity contribution in [2.45, 2.75) is 45.3 Å². The SMILES string of the molecule is CCC[C@H](NC(=O)[C@H](C)OC(=O)CN1C(=O)CCOc2ccccc21)c1ccccc1. The Balaban J connectivity index is 1.62. The van der Waals surface area contributed by atoms with Crippen LogP contribution in [0.1, 0.15) is 44.7 Å². The van der Waals surface area contributed by atoms with Crippen LogP contribution in [-0.4, -0.2) is 37.0 Å². The van der Waals surface area contributed by atoms with E-state index in [0.717, 1.165) is 18.4 Å². The van der Waals surface area contributed by atoms with E-state index in [2.05, 4.69) is 5.32 Å². The maximum atomic E-state index is 12.7. The normalized spacial score (nSPS) is 15.2. The van der Waals surface area contributed by atoms with Gasteiger partial charge in [0.2, 0.25) is 5.91 Å².